The molecule has 0 spiro atoms. The molecule has 0 atom stereocenters. The highest BCUT2D eigenvalue weighted by molar-refractivity contribution is 6.01. The van der Waals surface area contributed by atoms with Gasteiger partial charge in [0, 0.05) is 44.1 Å². The predicted octanol–water partition coefficient (Wildman–Crippen LogP) is 4.30. The van der Waals surface area contributed by atoms with E-state index < -0.39 is 5.97 Å². The molecule has 7 heteroatoms. The van der Waals surface area contributed by atoms with Crippen LogP contribution in [0, 0.1) is 13.8 Å². The molecule has 7 nitrogen and oxygen atoms in total. The zero-order valence-corrected chi connectivity index (χ0v) is 20.9. The minimum atomic E-state index is -0.396. The predicted molar refractivity (Wildman–Crippen MR) is 137 cm³/mol. The van der Waals surface area contributed by atoms with Crippen LogP contribution in [0.3, 0.4) is 0 Å². The number of anilines is 1. The van der Waals surface area contributed by atoms with Crippen LogP contribution in [0.1, 0.15) is 44.6 Å². The van der Waals surface area contributed by atoms with E-state index in [4.69, 9.17) is 9.47 Å². The van der Waals surface area contributed by atoms with Crippen molar-refractivity contribution in [2.24, 2.45) is 0 Å². The second-order valence-electron chi connectivity index (χ2n) is 8.70. The third-order valence-electron chi connectivity index (χ3n) is 6.64. The van der Waals surface area contributed by atoms with E-state index in [1.807, 2.05) is 77.9 Å². The van der Waals surface area contributed by atoms with Gasteiger partial charge in [0.2, 0.25) is 0 Å². The van der Waals surface area contributed by atoms with Crippen LogP contribution in [0.25, 0.3) is 0 Å². The van der Waals surface area contributed by atoms with E-state index in [9.17, 15) is 9.59 Å². The van der Waals surface area contributed by atoms with E-state index in [1.54, 1.807) is 14.0 Å². The Labute approximate surface area is 206 Å². The lowest BCUT2D eigenvalue weighted by atomic mass is 10.1. The first-order valence-corrected chi connectivity index (χ1v) is 12.0. The van der Waals surface area contributed by atoms with Crippen molar-refractivity contribution in [3.8, 4) is 5.75 Å². The van der Waals surface area contributed by atoms with Crippen molar-refractivity contribution in [2.45, 2.75) is 27.3 Å². The first-order valence-electron chi connectivity index (χ1n) is 12.0. The van der Waals surface area contributed by atoms with E-state index in [1.165, 1.54) is 0 Å². The molecular formula is C28H33N3O4. The molecule has 2 aromatic carbocycles. The molecule has 1 amide bonds. The average Bonchev–Trinajstić information content (AvgIpc) is 3.13. The number of esters is 1. The van der Waals surface area contributed by atoms with Crippen LogP contribution >= 0.6 is 0 Å². The molecule has 0 aliphatic carbocycles. The Bertz CT molecular complexity index is 1180. The van der Waals surface area contributed by atoms with Gasteiger partial charge in [-0.05, 0) is 56.2 Å². The molecule has 1 saturated heterocycles. The number of carbonyl (C=O) groups is 2. The summed E-state index contributed by atoms with van der Waals surface area (Å²) in [5.41, 5.74) is 4.69. The summed E-state index contributed by atoms with van der Waals surface area (Å²) in [6.07, 6.45) is 0. The van der Waals surface area contributed by atoms with Gasteiger partial charge in [-0.3, -0.25) is 4.79 Å². The Kier molecular flexibility index (Phi) is 7.44. The zero-order valence-electron chi connectivity index (χ0n) is 20.9. The zero-order chi connectivity index (χ0) is 24.9. The molecule has 4 rings (SSSR count). The summed E-state index contributed by atoms with van der Waals surface area (Å²) in [5, 5.41) is 0. The Hall–Kier alpha value is -3.74. The van der Waals surface area contributed by atoms with Crippen molar-refractivity contribution in [1.29, 1.82) is 0 Å². The fourth-order valence-corrected chi connectivity index (χ4v) is 4.76. The standard InChI is InChI=1S/C28H33N3O4/c1-5-35-28(33)26-20(2)25(21(3)31(26)19-22-9-7-6-8-10-22)27(32)30-17-15-29(16-18-30)23-11-13-24(34-4)14-12-23/h6-14H,5,15-19H2,1-4H3. The fraction of sp³-hybridized carbons (Fsp3) is 0.357. The first kappa shape index (κ1) is 24.4. The molecule has 0 N–H and O–H groups in total. The van der Waals surface area contributed by atoms with Crippen LogP contribution in [0.2, 0.25) is 0 Å². The molecule has 1 aliphatic heterocycles. The number of ether oxygens (including phenoxy) is 2. The number of piperazine rings is 1. The van der Waals surface area contributed by atoms with Gasteiger partial charge in [-0.1, -0.05) is 30.3 Å². The summed E-state index contributed by atoms with van der Waals surface area (Å²) < 4.78 is 12.5. The molecule has 2 heterocycles. The van der Waals surface area contributed by atoms with Crippen LogP contribution in [0.15, 0.2) is 54.6 Å². The average molecular weight is 476 g/mol. The number of methoxy groups -OCH3 is 1. The topological polar surface area (TPSA) is 64.0 Å². The quantitative estimate of drug-likeness (QED) is 0.477. The van der Waals surface area contributed by atoms with E-state index in [2.05, 4.69) is 4.90 Å². The molecule has 0 saturated carbocycles. The molecule has 1 aromatic heterocycles. The van der Waals surface area contributed by atoms with Crippen LogP contribution in [-0.2, 0) is 11.3 Å². The highest BCUT2D eigenvalue weighted by atomic mass is 16.5. The van der Waals surface area contributed by atoms with Crippen molar-refractivity contribution < 1.29 is 19.1 Å². The molecule has 1 aliphatic rings. The summed E-state index contributed by atoms with van der Waals surface area (Å²) in [6.45, 7) is 9.05. The van der Waals surface area contributed by atoms with Gasteiger partial charge in [-0.15, -0.1) is 0 Å². The SMILES string of the molecule is CCOC(=O)c1c(C)c(C(=O)N2CCN(c3ccc(OC)cc3)CC2)c(C)n1Cc1ccccc1. The molecule has 35 heavy (non-hydrogen) atoms. The number of carbonyl (C=O) groups excluding carboxylic acids is 2. The molecule has 0 bridgehead atoms. The van der Waals surface area contributed by atoms with E-state index in [0.717, 1.165) is 35.8 Å². The van der Waals surface area contributed by atoms with Gasteiger partial charge >= 0.3 is 5.97 Å². The van der Waals surface area contributed by atoms with Gasteiger partial charge in [0.25, 0.3) is 5.91 Å². The minimum absolute atomic E-state index is 0.0354. The third kappa shape index (κ3) is 5.04. The van der Waals surface area contributed by atoms with Crippen LogP contribution < -0.4 is 9.64 Å². The maximum absolute atomic E-state index is 13.7. The lowest BCUT2D eigenvalue weighted by molar-refractivity contribution is 0.0513. The van der Waals surface area contributed by atoms with Crippen molar-refractivity contribution in [2.75, 3.05) is 44.8 Å². The number of nitrogens with zero attached hydrogens (tertiary/aromatic N) is 3. The molecule has 1 fully saturated rings. The van der Waals surface area contributed by atoms with Crippen molar-refractivity contribution in [1.82, 2.24) is 9.47 Å². The Morgan fingerprint density at radius 3 is 2.17 bits per heavy atom. The summed E-state index contributed by atoms with van der Waals surface area (Å²) in [6, 6.07) is 17.9. The normalized spacial score (nSPS) is 13.6. The van der Waals surface area contributed by atoms with Crippen molar-refractivity contribution in [3.05, 3.63) is 82.7 Å². The molecule has 184 valence electrons. The second kappa shape index (κ2) is 10.7. The maximum Gasteiger partial charge on any atom is 0.355 e. The summed E-state index contributed by atoms with van der Waals surface area (Å²) in [5.74, 6) is 0.394. The third-order valence-corrected chi connectivity index (χ3v) is 6.64. The fourth-order valence-electron chi connectivity index (χ4n) is 4.76. The van der Waals surface area contributed by atoms with E-state index >= 15 is 0 Å². The Morgan fingerprint density at radius 2 is 1.57 bits per heavy atom. The van der Waals surface area contributed by atoms with Crippen LogP contribution in [-0.4, -0.2) is 61.2 Å². The number of amides is 1. The summed E-state index contributed by atoms with van der Waals surface area (Å²) in [7, 11) is 1.66. The van der Waals surface area contributed by atoms with Gasteiger partial charge in [-0.2, -0.15) is 0 Å². The Balaban J connectivity index is 1.57. The molecule has 0 unspecified atom stereocenters. The minimum Gasteiger partial charge on any atom is -0.497 e. The van der Waals surface area contributed by atoms with Gasteiger partial charge in [0.15, 0.2) is 0 Å². The highest BCUT2D eigenvalue weighted by Gasteiger charge is 2.31. The van der Waals surface area contributed by atoms with Gasteiger partial charge in [0.05, 0.1) is 19.3 Å². The highest BCUT2D eigenvalue weighted by Crippen LogP contribution is 2.27. The number of hydrogen-bond donors (Lipinski definition) is 0. The summed E-state index contributed by atoms with van der Waals surface area (Å²) >= 11 is 0. The van der Waals surface area contributed by atoms with Gasteiger partial charge < -0.3 is 23.8 Å². The van der Waals surface area contributed by atoms with E-state index in [0.29, 0.717) is 36.5 Å². The maximum atomic E-state index is 13.7. The smallest absolute Gasteiger partial charge is 0.355 e. The molecular weight excluding hydrogens is 442 g/mol. The Morgan fingerprint density at radius 1 is 0.914 bits per heavy atom. The van der Waals surface area contributed by atoms with Gasteiger partial charge in [-0.25, -0.2) is 4.79 Å². The second-order valence-corrected chi connectivity index (χ2v) is 8.70. The molecule has 0 radical (unpaired) electrons. The lowest BCUT2D eigenvalue weighted by Crippen LogP contribution is -2.49. The first-order chi connectivity index (χ1) is 16.9. The summed E-state index contributed by atoms with van der Waals surface area (Å²) in [4.78, 5) is 30.8. The molecule has 3 aromatic rings. The van der Waals surface area contributed by atoms with Crippen LogP contribution in [0.5, 0.6) is 5.75 Å². The van der Waals surface area contributed by atoms with Crippen molar-refractivity contribution in [3.63, 3.8) is 0 Å². The monoisotopic (exact) mass is 475 g/mol. The lowest BCUT2D eigenvalue weighted by Gasteiger charge is -2.36. The van der Waals surface area contributed by atoms with Crippen LogP contribution in [0.4, 0.5) is 5.69 Å². The van der Waals surface area contributed by atoms with Gasteiger partial charge in [0.1, 0.15) is 11.4 Å². The van der Waals surface area contributed by atoms with E-state index in [-0.39, 0.29) is 12.5 Å². The largest absolute Gasteiger partial charge is 0.497 e. The number of benzene rings is 2. The number of rotatable bonds is 7. The number of hydrogen-bond acceptors (Lipinski definition) is 5. The van der Waals surface area contributed by atoms with Crippen molar-refractivity contribution >= 4 is 17.6 Å². The number of aromatic nitrogens is 1.